The topological polar surface area (TPSA) is 33.1 Å². The summed E-state index contributed by atoms with van der Waals surface area (Å²) in [4.78, 5) is 4.43. The third-order valence-electron chi connectivity index (χ3n) is 2.89. The summed E-state index contributed by atoms with van der Waals surface area (Å²) in [6.07, 6.45) is 0. The van der Waals surface area contributed by atoms with Crippen LogP contribution in [0.3, 0.4) is 0 Å². The third kappa shape index (κ3) is 2.56. The van der Waals surface area contributed by atoms with Gasteiger partial charge in [-0.3, -0.25) is 0 Å². The lowest BCUT2D eigenvalue weighted by molar-refractivity contribution is 0.281. The number of aliphatic hydroxyl groups is 1. The van der Waals surface area contributed by atoms with Crippen molar-refractivity contribution in [2.24, 2.45) is 0 Å². The summed E-state index contributed by atoms with van der Waals surface area (Å²) in [6, 6.07) is 6.52. The Kier molecular flexibility index (Phi) is 3.60. The molecule has 90 valence electrons. The fraction of sp³-hybridized carbons (Fsp3) is 0.357. The molecule has 0 saturated heterocycles. The molecule has 2 nitrogen and oxygen atoms in total. The van der Waals surface area contributed by atoms with E-state index in [1.807, 2.05) is 5.38 Å². The van der Waals surface area contributed by atoms with Crippen LogP contribution in [0.2, 0.25) is 0 Å². The number of rotatable bonds is 3. The van der Waals surface area contributed by atoms with Crippen LogP contribution in [0.15, 0.2) is 23.6 Å². The van der Waals surface area contributed by atoms with Gasteiger partial charge in [0.1, 0.15) is 5.01 Å². The average molecular weight is 247 g/mol. The van der Waals surface area contributed by atoms with E-state index in [1.54, 1.807) is 0 Å². The third-order valence-corrected chi connectivity index (χ3v) is 3.72. The predicted octanol–water partition coefficient (Wildman–Crippen LogP) is 3.73. The van der Waals surface area contributed by atoms with Crippen molar-refractivity contribution in [2.75, 3.05) is 0 Å². The van der Waals surface area contributed by atoms with Gasteiger partial charge in [0.15, 0.2) is 0 Å². The molecule has 0 aliphatic heterocycles. The fourth-order valence-corrected chi connectivity index (χ4v) is 2.43. The minimum Gasteiger partial charge on any atom is -0.389 e. The number of aryl methyl sites for hydroxylation is 1. The smallest absolute Gasteiger partial charge is 0.119 e. The van der Waals surface area contributed by atoms with Gasteiger partial charge >= 0.3 is 0 Å². The van der Waals surface area contributed by atoms with Crippen molar-refractivity contribution >= 4 is 11.3 Å². The lowest BCUT2D eigenvalue weighted by atomic mass is 9.97. The SMILES string of the molecule is Cc1ccc(C(C)C)cc1-c1csc(CO)n1. The fourth-order valence-electron chi connectivity index (χ4n) is 1.78. The standard InChI is InChI=1S/C14H17NOS/c1-9(2)11-5-4-10(3)12(6-11)13-8-17-14(7-16)15-13/h4-6,8-9,16H,7H2,1-3H3. The maximum absolute atomic E-state index is 9.06. The summed E-state index contributed by atoms with van der Waals surface area (Å²) >= 11 is 1.51. The highest BCUT2D eigenvalue weighted by atomic mass is 32.1. The Morgan fingerprint density at radius 3 is 2.71 bits per heavy atom. The molecule has 0 radical (unpaired) electrons. The summed E-state index contributed by atoms with van der Waals surface area (Å²) in [5, 5.41) is 11.8. The van der Waals surface area contributed by atoms with Crippen LogP contribution >= 0.6 is 11.3 Å². The van der Waals surface area contributed by atoms with Crippen LogP contribution in [0.4, 0.5) is 0 Å². The Bertz CT molecular complexity index is 517. The van der Waals surface area contributed by atoms with Crippen molar-refractivity contribution in [1.29, 1.82) is 0 Å². The molecular formula is C14H17NOS. The molecule has 0 saturated carbocycles. The zero-order chi connectivity index (χ0) is 12.4. The first kappa shape index (κ1) is 12.3. The van der Waals surface area contributed by atoms with Crippen LogP contribution < -0.4 is 0 Å². The molecule has 0 aliphatic rings. The molecule has 2 rings (SSSR count). The minimum atomic E-state index is 0.0214. The number of thiazole rings is 1. The lowest BCUT2D eigenvalue weighted by Gasteiger charge is -2.09. The van der Waals surface area contributed by atoms with E-state index in [2.05, 4.69) is 44.0 Å². The largest absolute Gasteiger partial charge is 0.389 e. The van der Waals surface area contributed by atoms with Crippen LogP contribution in [0.1, 0.15) is 35.9 Å². The molecule has 0 atom stereocenters. The second kappa shape index (κ2) is 4.98. The highest BCUT2D eigenvalue weighted by molar-refractivity contribution is 7.09. The summed E-state index contributed by atoms with van der Waals surface area (Å²) in [6.45, 7) is 6.49. The van der Waals surface area contributed by atoms with E-state index in [4.69, 9.17) is 5.11 Å². The first-order valence-electron chi connectivity index (χ1n) is 5.78. The van der Waals surface area contributed by atoms with Gasteiger partial charge in [0, 0.05) is 10.9 Å². The monoisotopic (exact) mass is 247 g/mol. The average Bonchev–Trinajstić information content (AvgIpc) is 2.77. The first-order chi connectivity index (χ1) is 8.11. The van der Waals surface area contributed by atoms with E-state index in [9.17, 15) is 0 Å². The number of nitrogens with zero attached hydrogens (tertiary/aromatic N) is 1. The maximum Gasteiger partial charge on any atom is 0.119 e. The van der Waals surface area contributed by atoms with Gasteiger partial charge in [0.25, 0.3) is 0 Å². The molecular weight excluding hydrogens is 230 g/mol. The van der Waals surface area contributed by atoms with Crippen LogP contribution in [0.25, 0.3) is 11.3 Å². The number of aromatic nitrogens is 1. The van der Waals surface area contributed by atoms with Gasteiger partial charge < -0.3 is 5.11 Å². The first-order valence-corrected chi connectivity index (χ1v) is 6.66. The zero-order valence-electron chi connectivity index (χ0n) is 10.4. The summed E-state index contributed by atoms with van der Waals surface area (Å²) in [5.41, 5.74) is 4.69. The van der Waals surface area contributed by atoms with E-state index < -0.39 is 0 Å². The molecule has 0 unspecified atom stereocenters. The van der Waals surface area contributed by atoms with Crippen LogP contribution in [-0.2, 0) is 6.61 Å². The highest BCUT2D eigenvalue weighted by Crippen LogP contribution is 2.28. The van der Waals surface area contributed by atoms with E-state index in [0.717, 1.165) is 10.7 Å². The highest BCUT2D eigenvalue weighted by Gasteiger charge is 2.09. The molecule has 0 aliphatic carbocycles. The van der Waals surface area contributed by atoms with Gasteiger partial charge in [-0.05, 0) is 30.0 Å². The molecule has 1 aromatic carbocycles. The Labute approximate surface area is 106 Å². The molecule has 1 aromatic heterocycles. The molecule has 0 bridgehead atoms. The predicted molar refractivity (Wildman–Crippen MR) is 72.3 cm³/mol. The van der Waals surface area contributed by atoms with Crippen LogP contribution in [0.5, 0.6) is 0 Å². The van der Waals surface area contributed by atoms with Crippen molar-refractivity contribution < 1.29 is 5.11 Å². The quantitative estimate of drug-likeness (QED) is 0.896. The second-order valence-electron chi connectivity index (χ2n) is 4.51. The molecule has 0 fully saturated rings. The Hall–Kier alpha value is -1.19. The molecule has 1 heterocycles. The summed E-state index contributed by atoms with van der Waals surface area (Å²) < 4.78 is 0. The number of aliphatic hydroxyl groups excluding tert-OH is 1. The molecule has 0 amide bonds. The Morgan fingerprint density at radius 2 is 2.12 bits per heavy atom. The zero-order valence-corrected chi connectivity index (χ0v) is 11.2. The molecule has 0 spiro atoms. The summed E-state index contributed by atoms with van der Waals surface area (Å²) in [7, 11) is 0. The lowest BCUT2D eigenvalue weighted by Crippen LogP contribution is -1.91. The van der Waals surface area contributed by atoms with E-state index in [-0.39, 0.29) is 6.61 Å². The van der Waals surface area contributed by atoms with Gasteiger partial charge in [-0.2, -0.15) is 0 Å². The molecule has 2 aromatic rings. The van der Waals surface area contributed by atoms with E-state index >= 15 is 0 Å². The van der Waals surface area contributed by atoms with Crippen molar-refractivity contribution in [3.05, 3.63) is 39.7 Å². The number of hydrogen-bond donors (Lipinski definition) is 1. The van der Waals surface area contributed by atoms with Gasteiger partial charge in [0.05, 0.1) is 12.3 Å². The number of hydrogen-bond acceptors (Lipinski definition) is 3. The Morgan fingerprint density at radius 1 is 1.35 bits per heavy atom. The van der Waals surface area contributed by atoms with Gasteiger partial charge in [-0.15, -0.1) is 11.3 Å². The van der Waals surface area contributed by atoms with Crippen molar-refractivity contribution in [3.8, 4) is 11.3 Å². The van der Waals surface area contributed by atoms with Crippen molar-refractivity contribution in [3.63, 3.8) is 0 Å². The van der Waals surface area contributed by atoms with Crippen LogP contribution in [-0.4, -0.2) is 10.1 Å². The van der Waals surface area contributed by atoms with Crippen molar-refractivity contribution in [1.82, 2.24) is 4.98 Å². The van der Waals surface area contributed by atoms with Gasteiger partial charge in [-0.25, -0.2) is 4.98 Å². The molecule has 17 heavy (non-hydrogen) atoms. The minimum absolute atomic E-state index is 0.0214. The molecule has 3 heteroatoms. The normalized spacial score (nSPS) is 11.1. The van der Waals surface area contributed by atoms with E-state index in [0.29, 0.717) is 5.92 Å². The number of benzene rings is 1. The maximum atomic E-state index is 9.06. The van der Waals surface area contributed by atoms with Crippen LogP contribution in [0, 0.1) is 6.92 Å². The van der Waals surface area contributed by atoms with Crippen molar-refractivity contribution in [2.45, 2.75) is 33.3 Å². The van der Waals surface area contributed by atoms with Gasteiger partial charge in [0.2, 0.25) is 0 Å². The second-order valence-corrected chi connectivity index (χ2v) is 5.46. The molecule has 1 N–H and O–H groups in total. The summed E-state index contributed by atoms with van der Waals surface area (Å²) in [5.74, 6) is 0.519. The van der Waals surface area contributed by atoms with E-state index in [1.165, 1.54) is 28.0 Å². The Balaban J connectivity index is 2.46. The van der Waals surface area contributed by atoms with Gasteiger partial charge in [-0.1, -0.05) is 26.0 Å².